The Bertz CT molecular complexity index is 1170. The van der Waals surface area contributed by atoms with Crippen LogP contribution in [0, 0.1) is 5.82 Å². The number of nitrogens with one attached hydrogen (secondary N) is 1. The van der Waals surface area contributed by atoms with E-state index in [2.05, 4.69) is 15.5 Å². The van der Waals surface area contributed by atoms with Crippen molar-refractivity contribution < 1.29 is 18.5 Å². The van der Waals surface area contributed by atoms with Gasteiger partial charge in [0.15, 0.2) is 5.78 Å². The van der Waals surface area contributed by atoms with E-state index in [1.54, 1.807) is 48.5 Å². The van der Waals surface area contributed by atoms with Gasteiger partial charge < -0.3 is 9.84 Å². The highest BCUT2D eigenvalue weighted by atomic mass is 19.1. The van der Waals surface area contributed by atoms with Gasteiger partial charge in [-0.3, -0.25) is 9.59 Å². The molecular weight excluding hydrogens is 373 g/mol. The van der Waals surface area contributed by atoms with Crippen LogP contribution in [0.25, 0.3) is 11.4 Å². The largest absolute Gasteiger partial charge is 0.342 e. The molecule has 0 saturated carbocycles. The summed E-state index contributed by atoms with van der Waals surface area (Å²) in [6, 6.07) is 18.6. The van der Waals surface area contributed by atoms with Gasteiger partial charge in [-0.25, -0.2) is 4.39 Å². The molecule has 29 heavy (non-hydrogen) atoms. The molecule has 0 radical (unpaired) electrons. The molecule has 4 rings (SSSR count). The van der Waals surface area contributed by atoms with Gasteiger partial charge >= 0.3 is 0 Å². The van der Waals surface area contributed by atoms with Crippen molar-refractivity contribution in [1.29, 1.82) is 0 Å². The Labute approximate surface area is 165 Å². The minimum absolute atomic E-state index is 0.215. The highest BCUT2D eigenvalue weighted by molar-refractivity contribution is 6.17. The summed E-state index contributed by atoms with van der Waals surface area (Å²) in [5.41, 5.74) is 1.93. The smallest absolute Gasteiger partial charge is 0.256 e. The van der Waals surface area contributed by atoms with Gasteiger partial charge in [-0.2, -0.15) is 4.98 Å². The van der Waals surface area contributed by atoms with E-state index in [1.807, 2.05) is 0 Å². The molecule has 6 nitrogen and oxygen atoms in total. The number of carbonyl (C=O) groups excluding carboxylic acids is 2. The number of nitrogens with zero attached hydrogens (tertiary/aromatic N) is 2. The molecule has 4 aromatic rings. The Morgan fingerprint density at radius 2 is 1.66 bits per heavy atom. The van der Waals surface area contributed by atoms with Crippen LogP contribution in [0.5, 0.6) is 0 Å². The van der Waals surface area contributed by atoms with Gasteiger partial charge in [-0.05, 0) is 42.5 Å². The number of halogens is 1. The van der Waals surface area contributed by atoms with Crippen molar-refractivity contribution >= 4 is 17.4 Å². The van der Waals surface area contributed by atoms with Crippen LogP contribution in [-0.4, -0.2) is 21.8 Å². The van der Waals surface area contributed by atoms with E-state index in [0.717, 1.165) is 0 Å². The maximum Gasteiger partial charge on any atom is 0.256 e. The van der Waals surface area contributed by atoms with E-state index in [1.165, 1.54) is 30.7 Å². The lowest BCUT2D eigenvalue weighted by molar-refractivity contribution is 0.0996. The van der Waals surface area contributed by atoms with Crippen LogP contribution in [0.4, 0.5) is 10.1 Å². The zero-order valence-corrected chi connectivity index (χ0v) is 15.0. The Morgan fingerprint density at radius 3 is 2.38 bits per heavy atom. The first-order valence-electron chi connectivity index (χ1n) is 8.69. The molecule has 1 heterocycles. The minimum Gasteiger partial charge on any atom is -0.342 e. The molecule has 0 aliphatic heterocycles. The molecule has 0 unspecified atom stereocenters. The minimum atomic E-state index is -0.443. The maximum absolute atomic E-state index is 13.1. The molecule has 0 fully saturated rings. The molecule has 1 amide bonds. The lowest BCUT2D eigenvalue weighted by Gasteiger charge is -2.10. The molecule has 0 spiro atoms. The van der Waals surface area contributed by atoms with Gasteiger partial charge in [0.1, 0.15) is 5.82 Å². The number of hydrogen-bond acceptors (Lipinski definition) is 5. The van der Waals surface area contributed by atoms with Crippen molar-refractivity contribution in [3.05, 3.63) is 102 Å². The lowest BCUT2D eigenvalue weighted by atomic mass is 9.98. The molecule has 1 N–H and O–H groups in total. The summed E-state index contributed by atoms with van der Waals surface area (Å²) in [4.78, 5) is 29.6. The van der Waals surface area contributed by atoms with Crippen LogP contribution in [0.3, 0.4) is 0 Å². The molecule has 142 valence electrons. The third-order valence-corrected chi connectivity index (χ3v) is 4.26. The molecule has 0 aliphatic carbocycles. The van der Waals surface area contributed by atoms with Crippen molar-refractivity contribution in [2.75, 3.05) is 5.32 Å². The van der Waals surface area contributed by atoms with E-state index >= 15 is 0 Å². The molecule has 0 atom stereocenters. The number of amides is 1. The molecular formula is C22H14FN3O3. The Kier molecular flexibility index (Phi) is 4.94. The zero-order chi connectivity index (χ0) is 20.2. The van der Waals surface area contributed by atoms with E-state index in [4.69, 9.17) is 4.52 Å². The first kappa shape index (κ1) is 18.2. The lowest BCUT2D eigenvalue weighted by Crippen LogP contribution is -2.17. The van der Waals surface area contributed by atoms with Gasteiger partial charge in [0.05, 0.1) is 5.56 Å². The van der Waals surface area contributed by atoms with Crippen LogP contribution in [0.2, 0.25) is 0 Å². The SMILES string of the molecule is O=C(Nc1cccc(-c2ncon2)c1)c1ccccc1C(=O)c1ccc(F)cc1. The number of carbonyl (C=O) groups is 2. The van der Waals surface area contributed by atoms with Gasteiger partial charge in [0, 0.05) is 22.4 Å². The van der Waals surface area contributed by atoms with Crippen molar-refractivity contribution in [3.63, 3.8) is 0 Å². The number of rotatable bonds is 5. The molecule has 7 heteroatoms. The van der Waals surface area contributed by atoms with Crippen LogP contribution in [0.1, 0.15) is 26.3 Å². The van der Waals surface area contributed by atoms with E-state index in [-0.39, 0.29) is 16.9 Å². The normalized spacial score (nSPS) is 10.5. The van der Waals surface area contributed by atoms with Crippen molar-refractivity contribution in [1.82, 2.24) is 10.1 Å². The zero-order valence-electron chi connectivity index (χ0n) is 15.0. The Hall–Kier alpha value is -4.13. The third kappa shape index (κ3) is 3.93. The summed E-state index contributed by atoms with van der Waals surface area (Å²) in [5, 5.41) is 6.55. The average molecular weight is 387 g/mol. The Balaban J connectivity index is 1.61. The van der Waals surface area contributed by atoms with Crippen molar-refractivity contribution in [2.45, 2.75) is 0 Å². The van der Waals surface area contributed by atoms with E-state index in [0.29, 0.717) is 22.6 Å². The first-order valence-corrected chi connectivity index (χ1v) is 8.69. The quantitative estimate of drug-likeness (QED) is 0.514. The topological polar surface area (TPSA) is 85.1 Å². The second-order valence-corrected chi connectivity index (χ2v) is 6.17. The van der Waals surface area contributed by atoms with Crippen LogP contribution >= 0.6 is 0 Å². The summed E-state index contributed by atoms with van der Waals surface area (Å²) >= 11 is 0. The average Bonchev–Trinajstić information content (AvgIpc) is 3.29. The molecule has 0 bridgehead atoms. The summed E-state index contributed by atoms with van der Waals surface area (Å²) in [5.74, 6) is -0.848. The van der Waals surface area contributed by atoms with Gasteiger partial charge in [0.2, 0.25) is 12.2 Å². The van der Waals surface area contributed by atoms with Crippen molar-refractivity contribution in [2.24, 2.45) is 0 Å². The summed E-state index contributed by atoms with van der Waals surface area (Å²) in [6.07, 6.45) is 1.22. The monoisotopic (exact) mass is 387 g/mol. The molecule has 0 saturated heterocycles. The first-order chi connectivity index (χ1) is 14.1. The van der Waals surface area contributed by atoms with E-state index in [9.17, 15) is 14.0 Å². The van der Waals surface area contributed by atoms with E-state index < -0.39 is 11.7 Å². The van der Waals surface area contributed by atoms with Gasteiger partial charge in [0.25, 0.3) is 5.91 Å². The number of aromatic nitrogens is 2. The second kappa shape index (κ2) is 7.85. The summed E-state index contributed by atoms with van der Waals surface area (Å²) in [6.45, 7) is 0. The standard InChI is InChI=1S/C22H14FN3O3/c23-16-10-8-14(9-11-16)20(27)18-6-1-2-7-19(18)22(28)25-17-5-3-4-15(12-17)21-24-13-29-26-21/h1-13H,(H,25,28). The Morgan fingerprint density at radius 1 is 0.897 bits per heavy atom. The number of ketones is 1. The second-order valence-electron chi connectivity index (χ2n) is 6.17. The fourth-order valence-electron chi connectivity index (χ4n) is 2.87. The van der Waals surface area contributed by atoms with Gasteiger partial charge in [-0.1, -0.05) is 35.5 Å². The van der Waals surface area contributed by atoms with Crippen molar-refractivity contribution in [3.8, 4) is 11.4 Å². The van der Waals surface area contributed by atoms with Crippen LogP contribution < -0.4 is 5.32 Å². The third-order valence-electron chi connectivity index (χ3n) is 4.26. The number of hydrogen-bond donors (Lipinski definition) is 1. The highest BCUT2D eigenvalue weighted by Gasteiger charge is 2.18. The molecule has 0 aliphatic rings. The molecule has 1 aromatic heterocycles. The highest BCUT2D eigenvalue weighted by Crippen LogP contribution is 2.21. The maximum atomic E-state index is 13.1. The number of benzene rings is 3. The van der Waals surface area contributed by atoms with Crippen LogP contribution in [0.15, 0.2) is 83.7 Å². The van der Waals surface area contributed by atoms with Crippen LogP contribution in [-0.2, 0) is 0 Å². The molecule has 3 aromatic carbocycles. The number of anilines is 1. The fraction of sp³-hybridized carbons (Fsp3) is 0. The predicted octanol–water partition coefficient (Wildman–Crippen LogP) is 4.36. The fourth-order valence-corrected chi connectivity index (χ4v) is 2.87. The summed E-state index contributed by atoms with van der Waals surface area (Å²) < 4.78 is 17.9. The predicted molar refractivity (Wildman–Crippen MR) is 104 cm³/mol. The summed E-state index contributed by atoms with van der Waals surface area (Å²) in [7, 11) is 0. The van der Waals surface area contributed by atoms with Gasteiger partial charge in [-0.15, -0.1) is 0 Å².